The van der Waals surface area contributed by atoms with Crippen LogP contribution in [0.3, 0.4) is 0 Å². The highest BCUT2D eigenvalue weighted by Crippen LogP contribution is 2.24. The maximum atomic E-state index is 9.33. The molecule has 1 aromatic heterocycles. The molecule has 1 aromatic rings. The number of hydrogen-bond acceptors (Lipinski definition) is 5. The maximum absolute atomic E-state index is 9.33. The highest BCUT2D eigenvalue weighted by molar-refractivity contribution is 5.79. The van der Waals surface area contributed by atoms with Gasteiger partial charge in [-0.2, -0.15) is 5.26 Å². The second kappa shape index (κ2) is 4.94. The van der Waals surface area contributed by atoms with Gasteiger partial charge in [-0.3, -0.25) is 0 Å². The summed E-state index contributed by atoms with van der Waals surface area (Å²) >= 11 is 0. The standard InChI is InChI=1S/C14H13N5/c15-9-11(12-3-1-2-7-16-12)13-6-8-17-14(19-13)18-10-4-5-10/h1-3,6-8,10,16H,4-5H2,(H,17,18,19)/b12-11-. The van der Waals surface area contributed by atoms with Crippen LogP contribution in [0, 0.1) is 11.3 Å². The van der Waals surface area contributed by atoms with Crippen molar-refractivity contribution in [2.45, 2.75) is 18.9 Å². The normalized spacial score (nSPS) is 19.5. The summed E-state index contributed by atoms with van der Waals surface area (Å²) in [5, 5.41) is 15.6. The Balaban J connectivity index is 1.93. The second-order valence-corrected chi connectivity index (χ2v) is 4.45. The molecule has 1 saturated carbocycles. The Labute approximate surface area is 111 Å². The van der Waals surface area contributed by atoms with Crippen molar-refractivity contribution in [3.63, 3.8) is 0 Å². The van der Waals surface area contributed by atoms with Crippen molar-refractivity contribution in [1.82, 2.24) is 15.3 Å². The molecule has 0 unspecified atom stereocenters. The summed E-state index contributed by atoms with van der Waals surface area (Å²) in [7, 11) is 0. The first-order valence-corrected chi connectivity index (χ1v) is 6.21. The van der Waals surface area contributed by atoms with E-state index in [9.17, 15) is 5.26 Å². The number of allylic oxidation sites excluding steroid dienone is 4. The summed E-state index contributed by atoms with van der Waals surface area (Å²) in [6.45, 7) is 0. The van der Waals surface area contributed by atoms with Gasteiger partial charge in [-0.1, -0.05) is 6.08 Å². The average Bonchev–Trinajstić information content (AvgIpc) is 3.25. The summed E-state index contributed by atoms with van der Waals surface area (Å²) in [6.07, 6.45) is 11.4. The van der Waals surface area contributed by atoms with Crippen molar-refractivity contribution in [2.75, 3.05) is 5.32 Å². The third-order valence-corrected chi connectivity index (χ3v) is 2.91. The van der Waals surface area contributed by atoms with E-state index in [0.717, 1.165) is 18.5 Å². The van der Waals surface area contributed by atoms with Crippen LogP contribution < -0.4 is 10.6 Å². The highest BCUT2D eigenvalue weighted by atomic mass is 15.1. The average molecular weight is 251 g/mol. The molecule has 2 aliphatic rings. The molecule has 0 saturated heterocycles. The SMILES string of the molecule is N#C/C(=C1\C=CC=CN1)c1ccnc(NC2CC2)n1. The number of nitrogens with zero attached hydrogens (tertiary/aromatic N) is 3. The minimum absolute atomic E-state index is 0.490. The molecule has 0 spiro atoms. The molecular weight excluding hydrogens is 238 g/mol. The lowest BCUT2D eigenvalue weighted by Crippen LogP contribution is -2.10. The van der Waals surface area contributed by atoms with Crippen LogP contribution in [0.15, 0.2) is 42.4 Å². The Morgan fingerprint density at radius 3 is 3.00 bits per heavy atom. The van der Waals surface area contributed by atoms with Crippen LogP contribution >= 0.6 is 0 Å². The molecular formula is C14H13N5. The quantitative estimate of drug-likeness (QED) is 0.803. The predicted molar refractivity (Wildman–Crippen MR) is 72.6 cm³/mol. The van der Waals surface area contributed by atoms with E-state index in [4.69, 9.17) is 0 Å². The largest absolute Gasteiger partial charge is 0.361 e. The van der Waals surface area contributed by atoms with Crippen LogP contribution in [0.25, 0.3) is 5.57 Å². The molecule has 0 atom stereocenters. The van der Waals surface area contributed by atoms with E-state index in [0.29, 0.717) is 23.3 Å². The summed E-state index contributed by atoms with van der Waals surface area (Å²) in [5.74, 6) is 0.587. The van der Waals surface area contributed by atoms with Gasteiger partial charge in [0.15, 0.2) is 0 Å². The molecule has 5 nitrogen and oxygen atoms in total. The number of nitrogens with one attached hydrogen (secondary N) is 2. The van der Waals surface area contributed by atoms with Gasteiger partial charge in [0.2, 0.25) is 5.95 Å². The fourth-order valence-electron chi connectivity index (χ4n) is 1.78. The van der Waals surface area contributed by atoms with Gasteiger partial charge in [0, 0.05) is 18.4 Å². The third-order valence-electron chi connectivity index (χ3n) is 2.91. The lowest BCUT2D eigenvalue weighted by Gasteiger charge is -2.09. The monoisotopic (exact) mass is 251 g/mol. The summed E-state index contributed by atoms with van der Waals surface area (Å²) in [4.78, 5) is 8.57. The van der Waals surface area contributed by atoms with Gasteiger partial charge in [0.05, 0.1) is 11.4 Å². The van der Waals surface area contributed by atoms with E-state index < -0.39 is 0 Å². The van der Waals surface area contributed by atoms with Crippen LogP contribution in [0.1, 0.15) is 18.5 Å². The molecule has 0 amide bonds. The lowest BCUT2D eigenvalue weighted by molar-refractivity contribution is 1.04. The molecule has 0 aromatic carbocycles. The van der Waals surface area contributed by atoms with Crippen LogP contribution in [0.5, 0.6) is 0 Å². The smallest absolute Gasteiger partial charge is 0.223 e. The molecule has 1 aliphatic carbocycles. The molecule has 2 heterocycles. The first-order valence-electron chi connectivity index (χ1n) is 6.21. The number of aromatic nitrogens is 2. The van der Waals surface area contributed by atoms with Crippen molar-refractivity contribution in [2.24, 2.45) is 0 Å². The van der Waals surface area contributed by atoms with E-state index >= 15 is 0 Å². The van der Waals surface area contributed by atoms with Gasteiger partial charge in [-0.25, -0.2) is 9.97 Å². The molecule has 1 fully saturated rings. The molecule has 2 N–H and O–H groups in total. The van der Waals surface area contributed by atoms with Crippen molar-refractivity contribution in [3.8, 4) is 6.07 Å². The Morgan fingerprint density at radius 1 is 1.42 bits per heavy atom. The Kier molecular flexibility index (Phi) is 2.99. The molecule has 0 bridgehead atoms. The number of hydrogen-bond donors (Lipinski definition) is 2. The zero-order chi connectivity index (χ0) is 13.1. The fourth-order valence-corrected chi connectivity index (χ4v) is 1.78. The third kappa shape index (κ3) is 2.63. The zero-order valence-electron chi connectivity index (χ0n) is 10.3. The van der Waals surface area contributed by atoms with Crippen molar-refractivity contribution in [1.29, 1.82) is 5.26 Å². The Bertz CT molecular complexity index is 617. The van der Waals surface area contributed by atoms with Crippen LogP contribution in [-0.2, 0) is 0 Å². The van der Waals surface area contributed by atoms with E-state index in [1.807, 2.05) is 18.2 Å². The van der Waals surface area contributed by atoms with Gasteiger partial charge in [0.1, 0.15) is 11.6 Å². The summed E-state index contributed by atoms with van der Waals surface area (Å²) in [5.41, 5.74) is 1.89. The van der Waals surface area contributed by atoms with E-state index in [2.05, 4.69) is 26.7 Å². The summed E-state index contributed by atoms with van der Waals surface area (Å²) in [6, 6.07) is 4.44. The molecule has 1 aliphatic heterocycles. The second-order valence-electron chi connectivity index (χ2n) is 4.45. The lowest BCUT2D eigenvalue weighted by atomic mass is 10.1. The summed E-state index contributed by atoms with van der Waals surface area (Å²) < 4.78 is 0. The number of nitriles is 1. The minimum Gasteiger partial charge on any atom is -0.361 e. The van der Waals surface area contributed by atoms with Crippen molar-refractivity contribution < 1.29 is 0 Å². The van der Waals surface area contributed by atoms with Gasteiger partial charge in [0.25, 0.3) is 0 Å². The highest BCUT2D eigenvalue weighted by Gasteiger charge is 2.22. The van der Waals surface area contributed by atoms with Gasteiger partial charge >= 0.3 is 0 Å². The molecule has 94 valence electrons. The van der Waals surface area contributed by atoms with E-state index in [1.54, 1.807) is 18.5 Å². The Morgan fingerprint density at radius 2 is 2.32 bits per heavy atom. The van der Waals surface area contributed by atoms with Crippen LogP contribution in [0.2, 0.25) is 0 Å². The molecule has 19 heavy (non-hydrogen) atoms. The predicted octanol–water partition coefficient (Wildman–Crippen LogP) is 1.96. The molecule has 0 radical (unpaired) electrons. The van der Waals surface area contributed by atoms with Crippen LogP contribution in [-0.4, -0.2) is 16.0 Å². The van der Waals surface area contributed by atoms with Crippen molar-refractivity contribution >= 4 is 11.5 Å². The number of anilines is 1. The molecule has 3 rings (SSSR count). The topological polar surface area (TPSA) is 73.6 Å². The van der Waals surface area contributed by atoms with Crippen molar-refractivity contribution in [3.05, 3.63) is 48.1 Å². The zero-order valence-corrected chi connectivity index (χ0v) is 10.3. The van der Waals surface area contributed by atoms with Gasteiger partial charge < -0.3 is 10.6 Å². The first-order chi connectivity index (χ1) is 9.36. The van der Waals surface area contributed by atoms with E-state index in [-0.39, 0.29) is 0 Å². The maximum Gasteiger partial charge on any atom is 0.223 e. The number of dihydropyridines is 1. The molecule has 5 heteroatoms. The first kappa shape index (κ1) is 11.5. The minimum atomic E-state index is 0.490. The van der Waals surface area contributed by atoms with Gasteiger partial charge in [-0.05, 0) is 31.1 Å². The van der Waals surface area contributed by atoms with Crippen LogP contribution in [0.4, 0.5) is 5.95 Å². The Hall–Kier alpha value is -2.61. The van der Waals surface area contributed by atoms with Gasteiger partial charge in [-0.15, -0.1) is 0 Å². The fraction of sp³-hybridized carbons (Fsp3) is 0.214. The van der Waals surface area contributed by atoms with E-state index in [1.165, 1.54) is 0 Å². The number of rotatable bonds is 3.